The number of H-pyrrole nitrogens is 1. The van der Waals surface area contributed by atoms with Crippen molar-refractivity contribution in [2.45, 2.75) is 152 Å². The highest BCUT2D eigenvalue weighted by atomic mass is 19.4. The molecule has 2 fully saturated rings. The minimum absolute atomic E-state index is 0.00295. The summed E-state index contributed by atoms with van der Waals surface area (Å²) in [7, 11) is 0. The summed E-state index contributed by atoms with van der Waals surface area (Å²) in [6.07, 6.45) is -1.42. The average Bonchev–Trinajstić information content (AvgIpc) is 4.20. The maximum absolute atomic E-state index is 14.4. The van der Waals surface area contributed by atoms with Crippen LogP contribution in [0.4, 0.5) is 13.2 Å². The van der Waals surface area contributed by atoms with Crippen molar-refractivity contribution in [3.8, 4) is 0 Å². The molecule has 9 atom stereocenters. The maximum Gasteiger partial charge on any atom is 0.490 e. The van der Waals surface area contributed by atoms with Gasteiger partial charge in [-0.15, -0.1) is 0 Å². The van der Waals surface area contributed by atoms with Crippen LogP contribution in [0.25, 0.3) is 10.9 Å². The number of carboxylic acids is 2. The van der Waals surface area contributed by atoms with E-state index in [-0.39, 0.29) is 95.9 Å². The van der Waals surface area contributed by atoms with E-state index in [0.717, 1.165) is 16.5 Å². The number of aliphatic carboxylic acids is 2. The largest absolute Gasteiger partial charge is 0.490 e. The molecule has 1 aromatic heterocycles. The number of guanidine groups is 2. The third-order valence-corrected chi connectivity index (χ3v) is 13.3. The molecule has 0 aliphatic carbocycles. The lowest BCUT2D eigenvalue weighted by molar-refractivity contribution is -0.192. The molecule has 0 spiro atoms. The van der Waals surface area contributed by atoms with Gasteiger partial charge in [0.25, 0.3) is 0 Å². The zero-order chi connectivity index (χ0) is 60.0. The number of primary amides is 1. The number of rotatable bonds is 28. The van der Waals surface area contributed by atoms with E-state index in [4.69, 9.17) is 44.3 Å². The smallest absolute Gasteiger partial charge is 0.480 e. The Morgan fingerprint density at radius 3 is 1.81 bits per heavy atom. The molecule has 80 heavy (non-hydrogen) atoms. The number of fused-ring (bicyclic) bond motifs is 1. The molecule has 2 saturated heterocycles. The molecule has 2 aromatic rings. The highest BCUT2D eigenvalue weighted by Gasteiger charge is 2.45. The third kappa shape index (κ3) is 20.5. The molecule has 444 valence electrons. The lowest BCUT2D eigenvalue weighted by Gasteiger charge is -2.33. The molecular weight excluding hydrogens is 1060 g/mol. The second-order valence-corrected chi connectivity index (χ2v) is 19.4. The number of hydrogen-bond acceptors (Lipinski definition) is 13. The SMILES string of the molecule is CC[C@H](C)[C@H](NC(=O)[C@H](CCCN=C(N)N)NC(=O)[C@H](C)NC(=O)[C@H](CCCN=C(N)N)NC(=O)[C@@H]1CCCN1C(=O)[C@@H]1CCCN1C(=O)[C@H](CCC(N)=O)NC(=O)[C@@H](N)Cc1c[nH]c2ccccc12)C(=O)O.O=C(O)C(F)(F)F. The number of carbonyl (C=O) groups is 10. The first kappa shape index (κ1) is 66.0. The van der Waals surface area contributed by atoms with Gasteiger partial charge < -0.3 is 86.0 Å². The van der Waals surface area contributed by atoms with Crippen molar-refractivity contribution in [2.75, 3.05) is 26.2 Å². The lowest BCUT2D eigenvalue weighted by Crippen LogP contribution is -2.59. The van der Waals surface area contributed by atoms with Crippen LogP contribution in [0.15, 0.2) is 40.4 Å². The first-order chi connectivity index (χ1) is 37.6. The van der Waals surface area contributed by atoms with E-state index in [1.54, 1.807) is 20.0 Å². The van der Waals surface area contributed by atoms with Crippen molar-refractivity contribution >= 4 is 82.0 Å². The van der Waals surface area contributed by atoms with Crippen LogP contribution in [0.1, 0.15) is 97.0 Å². The van der Waals surface area contributed by atoms with E-state index in [1.165, 1.54) is 16.7 Å². The van der Waals surface area contributed by atoms with Gasteiger partial charge in [-0.25, -0.2) is 9.59 Å². The molecule has 31 heteroatoms. The van der Waals surface area contributed by atoms with Crippen LogP contribution in [-0.2, 0) is 54.4 Å². The summed E-state index contributed by atoms with van der Waals surface area (Å²) < 4.78 is 31.7. The van der Waals surface area contributed by atoms with Crippen LogP contribution in [0.5, 0.6) is 0 Å². The Bertz CT molecular complexity index is 2570. The fourth-order valence-electron chi connectivity index (χ4n) is 8.86. The van der Waals surface area contributed by atoms with Crippen LogP contribution in [0.3, 0.4) is 0 Å². The zero-order valence-corrected chi connectivity index (χ0v) is 44.8. The Hall–Kier alpha value is -8.25. The number of nitrogens with zero attached hydrogens (tertiary/aromatic N) is 4. The molecule has 0 bridgehead atoms. The average molecular weight is 1140 g/mol. The van der Waals surface area contributed by atoms with Gasteiger partial charge in [0, 0.05) is 49.7 Å². The minimum Gasteiger partial charge on any atom is -0.480 e. The van der Waals surface area contributed by atoms with Gasteiger partial charge in [0.1, 0.15) is 42.3 Å². The van der Waals surface area contributed by atoms with E-state index in [1.807, 2.05) is 24.3 Å². The molecule has 0 saturated carbocycles. The topological polar surface area (TPSA) is 474 Å². The summed E-state index contributed by atoms with van der Waals surface area (Å²) in [5, 5.41) is 30.9. The van der Waals surface area contributed by atoms with Crippen molar-refractivity contribution in [1.29, 1.82) is 0 Å². The number of nitrogens with two attached hydrogens (primary N) is 6. The van der Waals surface area contributed by atoms with E-state index in [9.17, 15) is 61.4 Å². The summed E-state index contributed by atoms with van der Waals surface area (Å²) in [5.41, 5.74) is 35.3. The zero-order valence-electron chi connectivity index (χ0n) is 44.8. The van der Waals surface area contributed by atoms with Gasteiger partial charge in [0.15, 0.2) is 11.9 Å². The van der Waals surface area contributed by atoms with Crippen LogP contribution in [0, 0.1) is 5.92 Å². The van der Waals surface area contributed by atoms with Gasteiger partial charge in [-0.1, -0.05) is 38.5 Å². The van der Waals surface area contributed by atoms with Crippen molar-refractivity contribution < 1.29 is 71.3 Å². The minimum atomic E-state index is -5.08. The van der Waals surface area contributed by atoms with Crippen molar-refractivity contribution in [1.82, 2.24) is 41.4 Å². The molecule has 0 unspecified atom stereocenters. The lowest BCUT2D eigenvalue weighted by atomic mass is 9.98. The van der Waals surface area contributed by atoms with E-state index >= 15 is 0 Å². The van der Waals surface area contributed by atoms with Gasteiger partial charge in [0.05, 0.1) is 6.04 Å². The standard InChI is InChI=1S/C47H74N16O10.C2HF3O2/c1-4-25(2)37(45(72)73)61-41(68)32(14-8-20-55-47(52)53)58-38(65)26(3)57-40(67)31(13-7-19-54-46(50)51)59-42(69)34-15-9-21-62(34)44(71)35-16-10-22-63(35)43(70)33(17-18-36(49)64)60-39(66)29(48)23-27-24-56-30-12-6-5-11-28(27)30;3-2(4,5)1(6)7/h5-6,11-12,24-26,29,31-35,37,56H,4,7-10,13-23,48H2,1-3H3,(H2,49,64)(H,57,67)(H,58,65)(H,59,69)(H,60,66)(H,61,68)(H,72,73)(H4,50,51,54)(H4,52,53,55);(H,6,7)/t25-,26-,29-,31-,32-,33-,34-,35-,37-;/m0./s1. The second-order valence-electron chi connectivity index (χ2n) is 19.4. The highest BCUT2D eigenvalue weighted by molar-refractivity contribution is 5.98. The summed E-state index contributed by atoms with van der Waals surface area (Å²) >= 11 is 0. The second kappa shape index (κ2) is 31.4. The Morgan fingerprint density at radius 2 is 1.26 bits per heavy atom. The fourth-order valence-corrected chi connectivity index (χ4v) is 8.86. The molecule has 20 N–H and O–H groups in total. The van der Waals surface area contributed by atoms with Gasteiger partial charge in [-0.2, -0.15) is 13.2 Å². The molecule has 1 aromatic carbocycles. The molecule has 3 heterocycles. The molecule has 28 nitrogen and oxygen atoms in total. The summed E-state index contributed by atoms with van der Waals surface area (Å²) in [6, 6.07) is -1.96. The van der Waals surface area contributed by atoms with E-state index in [2.05, 4.69) is 41.6 Å². The number of nitrogens with one attached hydrogen (secondary N) is 6. The predicted octanol–water partition coefficient (Wildman–Crippen LogP) is -2.40. The number of aromatic nitrogens is 1. The number of amides is 8. The fraction of sp³-hybridized carbons (Fsp3) is 0.592. The Morgan fingerprint density at radius 1 is 0.725 bits per heavy atom. The number of carboxylic acid groups (broad SMARTS) is 2. The number of benzene rings is 1. The van der Waals surface area contributed by atoms with Crippen LogP contribution in [-0.4, -0.2) is 177 Å². The molecular formula is C49H75F3N16O12. The highest BCUT2D eigenvalue weighted by Crippen LogP contribution is 2.27. The first-order valence-corrected chi connectivity index (χ1v) is 25.9. The van der Waals surface area contributed by atoms with E-state index < -0.39 is 120 Å². The Kier molecular flexibility index (Phi) is 25.9. The number of carbonyl (C=O) groups excluding carboxylic acids is 8. The number of likely N-dealkylation sites (tertiary alicyclic amines) is 2. The summed E-state index contributed by atoms with van der Waals surface area (Å²) in [5.74, 6) is -10.4. The number of aromatic amines is 1. The number of halogens is 3. The number of alkyl halides is 3. The number of hydrogen-bond donors (Lipinski definition) is 14. The van der Waals surface area contributed by atoms with Gasteiger partial charge in [-0.3, -0.25) is 48.3 Å². The van der Waals surface area contributed by atoms with Crippen LogP contribution >= 0.6 is 0 Å². The normalized spacial score (nSPS) is 17.6. The molecule has 2 aliphatic heterocycles. The van der Waals surface area contributed by atoms with Gasteiger partial charge in [0.2, 0.25) is 47.3 Å². The van der Waals surface area contributed by atoms with Crippen LogP contribution < -0.4 is 61.0 Å². The summed E-state index contributed by atoms with van der Waals surface area (Å²) in [4.78, 5) is 144. The van der Waals surface area contributed by atoms with Crippen LogP contribution in [0.2, 0.25) is 0 Å². The predicted molar refractivity (Wildman–Crippen MR) is 284 cm³/mol. The van der Waals surface area contributed by atoms with Gasteiger partial charge >= 0.3 is 18.1 Å². The quantitative estimate of drug-likeness (QED) is 0.0240. The van der Waals surface area contributed by atoms with E-state index in [0.29, 0.717) is 19.3 Å². The third-order valence-electron chi connectivity index (χ3n) is 13.3. The molecule has 4 rings (SSSR count). The number of para-hydroxylation sites is 1. The maximum atomic E-state index is 14.4. The van der Waals surface area contributed by atoms with Crippen molar-refractivity contribution in [3.63, 3.8) is 0 Å². The van der Waals surface area contributed by atoms with Crippen molar-refractivity contribution in [3.05, 3.63) is 36.0 Å². The van der Waals surface area contributed by atoms with Gasteiger partial charge in [-0.05, 0) is 88.7 Å². The Balaban J connectivity index is 0.00000224. The number of aliphatic imine (C=N–C) groups is 2. The first-order valence-electron chi connectivity index (χ1n) is 25.9. The molecule has 0 radical (unpaired) electrons. The monoisotopic (exact) mass is 1140 g/mol. The Labute approximate surface area is 458 Å². The molecule has 8 amide bonds. The molecule has 2 aliphatic rings. The summed E-state index contributed by atoms with van der Waals surface area (Å²) in [6.45, 7) is 5.28. The van der Waals surface area contributed by atoms with Crippen molar-refractivity contribution in [2.24, 2.45) is 50.3 Å².